The number of hydrogen-bond donors (Lipinski definition) is 3. The number of aliphatic carboxylic acids is 1. The molecule has 4 aromatic carbocycles. The van der Waals surface area contributed by atoms with Gasteiger partial charge in [-0.2, -0.15) is 12.7 Å². The average molecular weight is 642 g/mol. The molecule has 4 aromatic rings. The minimum Gasteiger partial charge on any atom is -0.480 e. The number of carboxylic acids is 1. The summed E-state index contributed by atoms with van der Waals surface area (Å²) in [5.41, 5.74) is 0.225. The van der Waals surface area contributed by atoms with Crippen LogP contribution >= 0.6 is 11.6 Å². The molecule has 0 saturated heterocycles. The second kappa shape index (κ2) is 12.1. The predicted molar refractivity (Wildman–Crippen MR) is 163 cm³/mol. The summed E-state index contributed by atoms with van der Waals surface area (Å²) < 4.78 is 60.1. The lowest BCUT2D eigenvalue weighted by atomic mass is 10.1. The highest BCUT2D eigenvalue weighted by molar-refractivity contribution is 7.89. The first-order valence-corrected chi connectivity index (χ1v) is 16.5. The molecule has 0 aromatic heterocycles. The number of sulfonamides is 1. The Morgan fingerprint density at radius 2 is 1.51 bits per heavy atom. The van der Waals surface area contributed by atoms with Gasteiger partial charge in [0, 0.05) is 24.0 Å². The van der Waals surface area contributed by atoms with Crippen LogP contribution in [0.15, 0.2) is 108 Å². The van der Waals surface area contributed by atoms with E-state index in [9.17, 15) is 26.7 Å². The van der Waals surface area contributed by atoms with Gasteiger partial charge in [-0.1, -0.05) is 66.2 Å². The number of nitrogens with zero attached hydrogens (tertiary/aromatic N) is 1. The molecule has 224 valence electrons. The Kier molecular flexibility index (Phi) is 8.61. The number of nitrogens with two attached hydrogens (primary N) is 1. The zero-order valence-electron chi connectivity index (χ0n) is 22.6. The largest absolute Gasteiger partial charge is 0.480 e. The molecule has 2 unspecified atom stereocenters. The lowest BCUT2D eigenvalue weighted by Gasteiger charge is -2.29. The van der Waals surface area contributed by atoms with Crippen molar-refractivity contribution >= 4 is 37.8 Å². The molecule has 2 atom stereocenters. The second-order valence-corrected chi connectivity index (χ2v) is 13.7. The Balaban J connectivity index is 1.49. The van der Waals surface area contributed by atoms with E-state index in [4.69, 9.17) is 21.5 Å². The SMILES string of the molecule is NS(=O)(=O)NCCN(C1(C(=O)O)CC1c1cccc(Oc2ccccc2)c1)S(=O)(=O)c1ccc(-c2ccc(Cl)cc2)cc1. The summed E-state index contributed by atoms with van der Waals surface area (Å²) in [6.07, 6.45) is -0.0331. The van der Waals surface area contributed by atoms with Gasteiger partial charge in [0.2, 0.25) is 10.0 Å². The third-order valence-electron chi connectivity index (χ3n) is 7.22. The van der Waals surface area contributed by atoms with Crippen LogP contribution in [-0.4, -0.2) is 50.8 Å². The third-order valence-corrected chi connectivity index (χ3v) is 10.0. The zero-order valence-corrected chi connectivity index (χ0v) is 25.0. The van der Waals surface area contributed by atoms with Crippen LogP contribution in [0.2, 0.25) is 5.02 Å². The molecule has 1 fully saturated rings. The van der Waals surface area contributed by atoms with E-state index in [0.717, 1.165) is 15.4 Å². The van der Waals surface area contributed by atoms with Crippen molar-refractivity contribution in [2.45, 2.75) is 22.8 Å². The van der Waals surface area contributed by atoms with Crippen molar-refractivity contribution in [2.75, 3.05) is 13.1 Å². The highest BCUT2D eigenvalue weighted by Gasteiger charge is 2.67. The number of nitrogens with one attached hydrogen (secondary N) is 1. The summed E-state index contributed by atoms with van der Waals surface area (Å²) in [6.45, 7) is -0.902. The van der Waals surface area contributed by atoms with Crippen LogP contribution in [0.5, 0.6) is 11.5 Å². The summed E-state index contributed by atoms with van der Waals surface area (Å²) in [5, 5.41) is 16.1. The minimum atomic E-state index is -4.44. The van der Waals surface area contributed by atoms with E-state index in [1.807, 2.05) is 18.2 Å². The first kappa shape index (κ1) is 30.7. The molecule has 0 heterocycles. The number of para-hydroxylation sites is 1. The number of rotatable bonds is 12. The average Bonchev–Trinajstić information content (AvgIpc) is 3.73. The van der Waals surface area contributed by atoms with Crippen molar-refractivity contribution in [1.29, 1.82) is 0 Å². The molecule has 1 aliphatic rings. The van der Waals surface area contributed by atoms with Gasteiger partial charge in [0.15, 0.2) is 0 Å². The molecule has 0 radical (unpaired) electrons. The molecular weight excluding hydrogens is 614 g/mol. The Bertz CT molecular complexity index is 1840. The van der Waals surface area contributed by atoms with E-state index in [-0.39, 0.29) is 11.3 Å². The van der Waals surface area contributed by atoms with Crippen molar-refractivity contribution in [3.05, 3.63) is 114 Å². The quantitative estimate of drug-likeness (QED) is 0.204. The van der Waals surface area contributed by atoms with Gasteiger partial charge in [-0.3, -0.25) is 4.79 Å². The number of hydrogen-bond acceptors (Lipinski definition) is 6. The normalized spacial score (nSPS) is 18.3. The topological polar surface area (TPSA) is 156 Å². The molecule has 1 saturated carbocycles. The summed E-state index contributed by atoms with van der Waals surface area (Å²) in [6, 6.07) is 28.8. The van der Waals surface area contributed by atoms with E-state index >= 15 is 0 Å². The van der Waals surface area contributed by atoms with E-state index in [2.05, 4.69) is 4.72 Å². The molecule has 0 aliphatic heterocycles. The number of halogens is 1. The Morgan fingerprint density at radius 1 is 0.907 bits per heavy atom. The fraction of sp³-hybridized carbons (Fsp3) is 0.167. The first-order chi connectivity index (χ1) is 20.4. The van der Waals surface area contributed by atoms with Gasteiger partial charge >= 0.3 is 5.97 Å². The lowest BCUT2D eigenvalue weighted by molar-refractivity contribution is -0.143. The molecule has 4 N–H and O–H groups in total. The standard InChI is InChI=1S/C30H28ClN3O7S2/c31-24-13-9-21(10-14-24)22-11-15-27(16-12-22)42(37,38)34(18-17-33-43(32,39)40)30(29(35)36)20-28(30)23-5-4-8-26(19-23)41-25-6-2-1-3-7-25/h1-16,19,28,33H,17-18,20H2,(H,35,36)(H2,32,39,40). The molecule has 0 amide bonds. The number of benzene rings is 4. The fourth-order valence-corrected chi connectivity index (χ4v) is 7.37. The highest BCUT2D eigenvalue weighted by atomic mass is 35.5. The molecule has 0 bridgehead atoms. The maximum absolute atomic E-state index is 14.1. The number of carboxylic acid groups (broad SMARTS) is 1. The molecule has 5 rings (SSSR count). The Morgan fingerprint density at radius 3 is 2.12 bits per heavy atom. The van der Waals surface area contributed by atoms with Crippen LogP contribution in [-0.2, 0) is 25.0 Å². The van der Waals surface area contributed by atoms with E-state index in [1.165, 1.54) is 12.1 Å². The summed E-state index contributed by atoms with van der Waals surface area (Å²) in [5.74, 6) is -1.05. The van der Waals surface area contributed by atoms with Crippen LogP contribution < -0.4 is 14.6 Å². The second-order valence-electron chi connectivity index (χ2n) is 10.0. The van der Waals surface area contributed by atoms with Crippen molar-refractivity contribution in [2.24, 2.45) is 5.14 Å². The molecule has 10 nitrogen and oxygen atoms in total. The smallest absolute Gasteiger partial charge is 0.325 e. The van der Waals surface area contributed by atoms with Crippen LogP contribution in [0, 0.1) is 0 Å². The first-order valence-electron chi connectivity index (χ1n) is 13.1. The zero-order chi connectivity index (χ0) is 30.8. The van der Waals surface area contributed by atoms with Gasteiger partial charge in [0.25, 0.3) is 10.2 Å². The highest BCUT2D eigenvalue weighted by Crippen LogP contribution is 2.57. The van der Waals surface area contributed by atoms with E-state index in [1.54, 1.807) is 72.8 Å². The third kappa shape index (κ3) is 6.74. The number of carbonyl (C=O) groups is 1. The molecule has 1 aliphatic carbocycles. The van der Waals surface area contributed by atoms with Gasteiger partial charge in [0.05, 0.1) is 4.90 Å². The molecule has 43 heavy (non-hydrogen) atoms. The Hall–Kier alpha value is -3.78. The molecule has 0 spiro atoms. The van der Waals surface area contributed by atoms with Crippen LogP contribution in [0.25, 0.3) is 11.1 Å². The number of ether oxygens (including phenoxy) is 1. The maximum Gasteiger partial charge on any atom is 0.325 e. The summed E-state index contributed by atoms with van der Waals surface area (Å²) in [7, 11) is -8.60. The lowest BCUT2D eigenvalue weighted by Crippen LogP contribution is -2.51. The van der Waals surface area contributed by atoms with Gasteiger partial charge in [-0.15, -0.1) is 0 Å². The predicted octanol–water partition coefficient (Wildman–Crippen LogP) is 4.59. The fourth-order valence-electron chi connectivity index (χ4n) is 5.10. The van der Waals surface area contributed by atoms with Gasteiger partial charge in [0.1, 0.15) is 17.0 Å². The van der Waals surface area contributed by atoms with Crippen molar-refractivity contribution < 1.29 is 31.5 Å². The maximum atomic E-state index is 14.1. The van der Waals surface area contributed by atoms with Gasteiger partial charge in [-0.05, 0) is 71.6 Å². The van der Waals surface area contributed by atoms with Crippen LogP contribution in [0.1, 0.15) is 17.9 Å². The van der Waals surface area contributed by atoms with Crippen molar-refractivity contribution in [3.8, 4) is 22.6 Å². The van der Waals surface area contributed by atoms with Crippen molar-refractivity contribution in [3.63, 3.8) is 0 Å². The monoisotopic (exact) mass is 641 g/mol. The van der Waals surface area contributed by atoms with Gasteiger partial charge in [-0.25, -0.2) is 18.3 Å². The molecule has 13 heteroatoms. The molecular formula is C30H28ClN3O7S2. The van der Waals surface area contributed by atoms with E-state index in [0.29, 0.717) is 22.1 Å². The van der Waals surface area contributed by atoms with E-state index < -0.39 is 50.7 Å². The van der Waals surface area contributed by atoms with Crippen LogP contribution in [0.3, 0.4) is 0 Å². The van der Waals surface area contributed by atoms with Crippen molar-refractivity contribution in [1.82, 2.24) is 9.03 Å². The summed E-state index contributed by atoms with van der Waals surface area (Å²) in [4.78, 5) is 12.7. The summed E-state index contributed by atoms with van der Waals surface area (Å²) >= 11 is 5.97. The Labute approximate surface area is 254 Å². The van der Waals surface area contributed by atoms with Crippen LogP contribution in [0.4, 0.5) is 0 Å². The minimum absolute atomic E-state index is 0.0331. The van der Waals surface area contributed by atoms with Gasteiger partial charge < -0.3 is 9.84 Å².